The highest BCUT2D eigenvalue weighted by Crippen LogP contribution is 2.21. The summed E-state index contributed by atoms with van der Waals surface area (Å²) in [7, 11) is 0. The number of aromatic nitrogens is 3. The van der Waals surface area contributed by atoms with Crippen molar-refractivity contribution in [3.63, 3.8) is 0 Å². The third-order valence-corrected chi connectivity index (χ3v) is 4.81. The number of H-pyrrole nitrogens is 1. The van der Waals surface area contributed by atoms with Gasteiger partial charge in [-0.3, -0.25) is 9.69 Å². The number of nitrogens with one attached hydrogen (secondary N) is 1. The number of hydrogen-bond acceptors (Lipinski definition) is 4. The van der Waals surface area contributed by atoms with E-state index in [-0.39, 0.29) is 5.91 Å². The number of fused-ring (bicyclic) bond motifs is 1. The maximum absolute atomic E-state index is 12.4. The summed E-state index contributed by atoms with van der Waals surface area (Å²) in [4.78, 5) is 28.7. The molecule has 2 aromatic rings. The molecule has 0 radical (unpaired) electrons. The van der Waals surface area contributed by atoms with Gasteiger partial charge in [0.05, 0.1) is 5.52 Å². The molecule has 1 amide bonds. The summed E-state index contributed by atoms with van der Waals surface area (Å²) < 4.78 is 0. The second kappa shape index (κ2) is 5.68. The summed E-state index contributed by atoms with van der Waals surface area (Å²) >= 11 is 0. The molecule has 1 N–H and O–H groups in total. The number of carbonyl (C=O) groups excluding carboxylic acids is 1. The van der Waals surface area contributed by atoms with Gasteiger partial charge in [0.25, 0.3) is 0 Å². The van der Waals surface area contributed by atoms with Gasteiger partial charge in [0.2, 0.25) is 5.91 Å². The molecule has 116 valence electrons. The molecule has 6 heteroatoms. The second-order valence-electron chi connectivity index (χ2n) is 6.23. The number of pyridine rings is 1. The van der Waals surface area contributed by atoms with Crippen LogP contribution in [0.5, 0.6) is 0 Å². The molecule has 4 heterocycles. The molecule has 1 unspecified atom stereocenters. The molecule has 2 saturated heterocycles. The molecule has 0 aliphatic carbocycles. The maximum Gasteiger partial charge on any atom is 0.223 e. The van der Waals surface area contributed by atoms with Crippen molar-refractivity contribution in [3.05, 3.63) is 24.2 Å². The van der Waals surface area contributed by atoms with Crippen LogP contribution in [0.4, 0.5) is 0 Å². The van der Waals surface area contributed by atoms with Crippen molar-refractivity contribution in [2.24, 2.45) is 0 Å². The highest BCUT2D eigenvalue weighted by atomic mass is 16.2. The highest BCUT2D eigenvalue weighted by molar-refractivity contribution is 5.77. The molecular formula is C16H21N5O. The monoisotopic (exact) mass is 299 g/mol. The van der Waals surface area contributed by atoms with Gasteiger partial charge in [-0.2, -0.15) is 0 Å². The number of rotatable bonds is 4. The first-order valence-electron chi connectivity index (χ1n) is 8.11. The number of aryl methyl sites for hydroxylation is 1. The number of aromatic amines is 1. The van der Waals surface area contributed by atoms with Crippen LogP contribution in [0.15, 0.2) is 18.3 Å². The maximum atomic E-state index is 12.4. The van der Waals surface area contributed by atoms with E-state index in [1.807, 2.05) is 17.0 Å². The van der Waals surface area contributed by atoms with E-state index in [1.54, 1.807) is 6.20 Å². The minimum Gasteiger partial charge on any atom is -0.341 e. The predicted molar refractivity (Wildman–Crippen MR) is 83.4 cm³/mol. The Morgan fingerprint density at radius 2 is 2.27 bits per heavy atom. The summed E-state index contributed by atoms with van der Waals surface area (Å²) in [6.07, 6.45) is 5.34. The van der Waals surface area contributed by atoms with Crippen molar-refractivity contribution >= 4 is 17.1 Å². The van der Waals surface area contributed by atoms with Gasteiger partial charge in [0, 0.05) is 38.2 Å². The summed E-state index contributed by atoms with van der Waals surface area (Å²) in [5.41, 5.74) is 1.66. The Bertz CT molecular complexity index is 645. The molecule has 4 rings (SSSR count). The Labute approximate surface area is 129 Å². The first-order chi connectivity index (χ1) is 10.8. The molecule has 2 aliphatic rings. The SMILES string of the molecule is O=C(CCc1nc2ncccc2[nH]1)N1CCC(N2CCC2)C1. The molecule has 0 bridgehead atoms. The molecule has 0 saturated carbocycles. The predicted octanol–water partition coefficient (Wildman–Crippen LogP) is 1.20. The third kappa shape index (κ3) is 2.59. The van der Waals surface area contributed by atoms with Crippen LogP contribution in [0.1, 0.15) is 25.1 Å². The second-order valence-corrected chi connectivity index (χ2v) is 6.23. The van der Waals surface area contributed by atoms with Gasteiger partial charge >= 0.3 is 0 Å². The first-order valence-corrected chi connectivity index (χ1v) is 8.11. The minimum atomic E-state index is 0.247. The van der Waals surface area contributed by atoms with Crippen LogP contribution in [-0.2, 0) is 11.2 Å². The van der Waals surface area contributed by atoms with Gasteiger partial charge in [-0.15, -0.1) is 0 Å². The zero-order valence-corrected chi connectivity index (χ0v) is 12.7. The lowest BCUT2D eigenvalue weighted by atomic mass is 10.1. The van der Waals surface area contributed by atoms with E-state index in [9.17, 15) is 4.79 Å². The molecule has 22 heavy (non-hydrogen) atoms. The number of hydrogen-bond donors (Lipinski definition) is 1. The molecule has 2 aromatic heterocycles. The van der Waals surface area contributed by atoms with Gasteiger partial charge in [-0.05, 0) is 38.1 Å². The number of likely N-dealkylation sites (tertiary alicyclic amines) is 2. The Hall–Kier alpha value is -1.95. The van der Waals surface area contributed by atoms with E-state index in [2.05, 4.69) is 19.9 Å². The summed E-state index contributed by atoms with van der Waals surface area (Å²) in [5.74, 6) is 1.09. The van der Waals surface area contributed by atoms with E-state index < -0.39 is 0 Å². The topological polar surface area (TPSA) is 65.1 Å². The van der Waals surface area contributed by atoms with E-state index in [0.29, 0.717) is 18.9 Å². The van der Waals surface area contributed by atoms with E-state index in [1.165, 1.54) is 19.5 Å². The van der Waals surface area contributed by atoms with Gasteiger partial charge in [-0.25, -0.2) is 9.97 Å². The number of carbonyl (C=O) groups is 1. The Morgan fingerprint density at radius 1 is 1.36 bits per heavy atom. The Kier molecular flexibility index (Phi) is 3.54. The molecule has 6 nitrogen and oxygen atoms in total. The molecule has 1 atom stereocenters. The highest BCUT2D eigenvalue weighted by Gasteiger charge is 2.32. The Balaban J connectivity index is 1.32. The molecule has 0 spiro atoms. The fraction of sp³-hybridized carbons (Fsp3) is 0.562. The lowest BCUT2D eigenvalue weighted by Crippen LogP contribution is -2.46. The van der Waals surface area contributed by atoms with E-state index >= 15 is 0 Å². The quantitative estimate of drug-likeness (QED) is 0.921. The smallest absolute Gasteiger partial charge is 0.223 e. The molecule has 2 fully saturated rings. The number of amides is 1. The normalized spacial score (nSPS) is 22.2. The van der Waals surface area contributed by atoms with Gasteiger partial charge in [0.1, 0.15) is 5.82 Å². The molecule has 0 aromatic carbocycles. The van der Waals surface area contributed by atoms with E-state index in [0.717, 1.165) is 36.5 Å². The van der Waals surface area contributed by atoms with Crippen LogP contribution in [0.2, 0.25) is 0 Å². The summed E-state index contributed by atoms with van der Waals surface area (Å²) in [6.45, 7) is 4.22. The van der Waals surface area contributed by atoms with Gasteiger partial charge in [0.15, 0.2) is 5.65 Å². The van der Waals surface area contributed by atoms with Crippen molar-refractivity contribution in [1.29, 1.82) is 0 Å². The standard InChI is InChI=1S/C16H21N5O/c22-15(21-10-6-12(11-21)20-8-2-9-20)5-4-14-18-13-3-1-7-17-16(13)19-14/h1,3,7,12H,2,4-6,8-11H2,(H,17,18,19). The van der Waals surface area contributed by atoms with Crippen LogP contribution >= 0.6 is 0 Å². The summed E-state index contributed by atoms with van der Waals surface area (Å²) in [5, 5.41) is 0. The first kappa shape index (κ1) is 13.7. The van der Waals surface area contributed by atoms with Crippen LogP contribution < -0.4 is 0 Å². The number of imidazole rings is 1. The lowest BCUT2D eigenvalue weighted by molar-refractivity contribution is -0.130. The van der Waals surface area contributed by atoms with Crippen LogP contribution in [0.3, 0.4) is 0 Å². The van der Waals surface area contributed by atoms with Crippen LogP contribution in [0, 0.1) is 0 Å². The molecule has 2 aliphatic heterocycles. The average molecular weight is 299 g/mol. The fourth-order valence-electron chi connectivity index (χ4n) is 3.37. The largest absolute Gasteiger partial charge is 0.341 e. The zero-order chi connectivity index (χ0) is 14.9. The third-order valence-electron chi connectivity index (χ3n) is 4.81. The van der Waals surface area contributed by atoms with Crippen LogP contribution in [-0.4, -0.2) is 62.9 Å². The van der Waals surface area contributed by atoms with Crippen molar-refractivity contribution in [1.82, 2.24) is 24.8 Å². The molecular weight excluding hydrogens is 278 g/mol. The summed E-state index contributed by atoms with van der Waals surface area (Å²) in [6, 6.07) is 4.43. The zero-order valence-electron chi connectivity index (χ0n) is 12.7. The van der Waals surface area contributed by atoms with Crippen molar-refractivity contribution in [3.8, 4) is 0 Å². The van der Waals surface area contributed by atoms with Crippen molar-refractivity contribution < 1.29 is 4.79 Å². The minimum absolute atomic E-state index is 0.247. The Morgan fingerprint density at radius 3 is 3.05 bits per heavy atom. The van der Waals surface area contributed by atoms with Crippen molar-refractivity contribution in [2.45, 2.75) is 31.7 Å². The van der Waals surface area contributed by atoms with Crippen LogP contribution in [0.25, 0.3) is 11.2 Å². The van der Waals surface area contributed by atoms with Gasteiger partial charge < -0.3 is 9.88 Å². The lowest BCUT2D eigenvalue weighted by Gasteiger charge is -2.36. The number of nitrogens with zero attached hydrogens (tertiary/aromatic N) is 4. The van der Waals surface area contributed by atoms with Gasteiger partial charge in [-0.1, -0.05) is 0 Å². The van der Waals surface area contributed by atoms with Crippen molar-refractivity contribution in [2.75, 3.05) is 26.2 Å². The fourth-order valence-corrected chi connectivity index (χ4v) is 3.37. The van der Waals surface area contributed by atoms with E-state index in [4.69, 9.17) is 0 Å². The average Bonchev–Trinajstić information content (AvgIpc) is 3.09.